The molecular formula is C26H32N2O3. The van der Waals surface area contributed by atoms with Gasteiger partial charge in [-0.25, -0.2) is 0 Å². The van der Waals surface area contributed by atoms with Crippen molar-refractivity contribution in [1.82, 2.24) is 5.32 Å². The van der Waals surface area contributed by atoms with Crippen molar-refractivity contribution in [2.45, 2.75) is 64.8 Å². The fourth-order valence-corrected chi connectivity index (χ4v) is 4.20. The van der Waals surface area contributed by atoms with Crippen molar-refractivity contribution in [3.63, 3.8) is 0 Å². The van der Waals surface area contributed by atoms with Crippen molar-refractivity contribution in [3.05, 3.63) is 65.2 Å². The lowest BCUT2D eigenvalue weighted by atomic mass is 9.86. The number of para-hydroxylation sites is 1. The number of hydrogen-bond acceptors (Lipinski definition) is 3. The second-order valence-electron chi connectivity index (χ2n) is 9.21. The standard InChI is InChI=1S/C26H32N2O3/c1-16(2)19-12-9-13-20(17(3)4)22(19)27-24(30)21-23(29)26(5,28-25(21)31)15-14-18-10-7-6-8-11-18/h6-13,16-17,21H,14-15H2,1-5H3,(H,27,30)(H,28,31). The summed E-state index contributed by atoms with van der Waals surface area (Å²) in [5.74, 6) is -2.39. The molecule has 1 saturated heterocycles. The summed E-state index contributed by atoms with van der Waals surface area (Å²) in [6.45, 7) is 9.95. The van der Waals surface area contributed by atoms with Crippen molar-refractivity contribution in [1.29, 1.82) is 0 Å². The van der Waals surface area contributed by atoms with Gasteiger partial charge in [-0.15, -0.1) is 0 Å². The highest BCUT2D eigenvalue weighted by Gasteiger charge is 2.52. The second kappa shape index (κ2) is 9.04. The highest BCUT2D eigenvalue weighted by atomic mass is 16.2. The van der Waals surface area contributed by atoms with Crippen LogP contribution in [0.1, 0.15) is 69.6 Å². The van der Waals surface area contributed by atoms with Gasteiger partial charge in [0, 0.05) is 5.69 Å². The Kier molecular flexibility index (Phi) is 6.63. The summed E-state index contributed by atoms with van der Waals surface area (Å²) in [5.41, 5.74) is 2.75. The van der Waals surface area contributed by atoms with Crippen LogP contribution >= 0.6 is 0 Å². The Morgan fingerprint density at radius 3 is 2.10 bits per heavy atom. The van der Waals surface area contributed by atoms with Crippen molar-refractivity contribution in [3.8, 4) is 0 Å². The highest BCUT2D eigenvalue weighted by Crippen LogP contribution is 2.34. The third-order valence-corrected chi connectivity index (χ3v) is 6.11. The maximum Gasteiger partial charge on any atom is 0.244 e. The number of carbonyl (C=O) groups is 3. The first-order valence-electron chi connectivity index (χ1n) is 11.0. The molecule has 0 bridgehead atoms. The van der Waals surface area contributed by atoms with Gasteiger partial charge in [0.2, 0.25) is 11.8 Å². The van der Waals surface area contributed by atoms with Gasteiger partial charge < -0.3 is 10.6 Å². The normalized spacial score (nSPS) is 20.9. The molecule has 31 heavy (non-hydrogen) atoms. The lowest BCUT2D eigenvalue weighted by Crippen LogP contribution is -2.44. The number of hydrogen-bond donors (Lipinski definition) is 2. The maximum atomic E-state index is 13.2. The van der Waals surface area contributed by atoms with Crippen LogP contribution in [0.3, 0.4) is 0 Å². The van der Waals surface area contributed by atoms with Gasteiger partial charge >= 0.3 is 0 Å². The van der Waals surface area contributed by atoms with E-state index in [1.54, 1.807) is 6.92 Å². The molecule has 0 aromatic heterocycles. The fourth-order valence-electron chi connectivity index (χ4n) is 4.20. The van der Waals surface area contributed by atoms with E-state index in [2.05, 4.69) is 38.3 Å². The Morgan fingerprint density at radius 2 is 1.55 bits per heavy atom. The molecule has 0 saturated carbocycles. The minimum Gasteiger partial charge on any atom is -0.343 e. The van der Waals surface area contributed by atoms with Gasteiger partial charge in [0.1, 0.15) is 0 Å². The zero-order valence-corrected chi connectivity index (χ0v) is 19.0. The number of carbonyl (C=O) groups excluding carboxylic acids is 3. The van der Waals surface area contributed by atoms with Crippen LogP contribution in [0.2, 0.25) is 0 Å². The van der Waals surface area contributed by atoms with Crippen LogP contribution in [0.4, 0.5) is 5.69 Å². The van der Waals surface area contributed by atoms with Crippen LogP contribution in [-0.2, 0) is 20.8 Å². The van der Waals surface area contributed by atoms with Crippen molar-refractivity contribution >= 4 is 23.3 Å². The molecule has 2 atom stereocenters. The van der Waals surface area contributed by atoms with Gasteiger partial charge in [-0.05, 0) is 48.3 Å². The van der Waals surface area contributed by atoms with Crippen LogP contribution < -0.4 is 10.6 Å². The van der Waals surface area contributed by atoms with Gasteiger partial charge in [-0.3, -0.25) is 14.4 Å². The third-order valence-electron chi connectivity index (χ3n) is 6.11. The summed E-state index contributed by atoms with van der Waals surface area (Å²) in [6, 6.07) is 15.8. The summed E-state index contributed by atoms with van der Waals surface area (Å²) in [5, 5.41) is 5.73. The summed E-state index contributed by atoms with van der Waals surface area (Å²) in [4.78, 5) is 39.0. The Labute approximate surface area is 184 Å². The SMILES string of the molecule is CC(C)c1cccc(C(C)C)c1NC(=O)C1C(=O)NC(C)(CCc2ccccc2)C1=O. The van der Waals surface area contributed by atoms with Crippen molar-refractivity contribution in [2.75, 3.05) is 5.32 Å². The van der Waals surface area contributed by atoms with E-state index in [1.807, 2.05) is 48.5 Å². The predicted octanol–water partition coefficient (Wildman–Crippen LogP) is 4.58. The number of rotatable bonds is 7. The maximum absolute atomic E-state index is 13.2. The molecule has 1 heterocycles. The van der Waals surface area contributed by atoms with Crippen LogP contribution in [0.25, 0.3) is 0 Å². The minimum atomic E-state index is -1.33. The minimum absolute atomic E-state index is 0.193. The van der Waals surface area contributed by atoms with Crippen LogP contribution in [-0.4, -0.2) is 23.1 Å². The summed E-state index contributed by atoms with van der Waals surface area (Å²) in [7, 11) is 0. The Balaban J connectivity index is 1.81. The van der Waals surface area contributed by atoms with Crippen molar-refractivity contribution in [2.24, 2.45) is 5.92 Å². The summed E-state index contributed by atoms with van der Waals surface area (Å²) < 4.78 is 0. The van der Waals surface area contributed by atoms with E-state index in [1.165, 1.54) is 0 Å². The smallest absolute Gasteiger partial charge is 0.244 e. The van der Waals surface area contributed by atoms with Crippen LogP contribution in [0, 0.1) is 5.92 Å². The molecule has 2 aromatic carbocycles. The molecule has 0 radical (unpaired) electrons. The van der Waals surface area contributed by atoms with E-state index >= 15 is 0 Å². The summed E-state index contributed by atoms with van der Waals surface area (Å²) >= 11 is 0. The van der Waals surface area contributed by atoms with E-state index in [0.717, 1.165) is 22.4 Å². The molecule has 5 nitrogen and oxygen atoms in total. The largest absolute Gasteiger partial charge is 0.343 e. The Hall–Kier alpha value is -2.95. The number of aryl methyl sites for hydroxylation is 1. The number of benzene rings is 2. The zero-order valence-electron chi connectivity index (χ0n) is 19.0. The van der Waals surface area contributed by atoms with E-state index in [4.69, 9.17) is 0 Å². The number of ketones is 1. The predicted molar refractivity (Wildman–Crippen MR) is 123 cm³/mol. The molecule has 2 aromatic rings. The highest BCUT2D eigenvalue weighted by molar-refractivity contribution is 6.27. The first-order chi connectivity index (χ1) is 14.6. The lowest BCUT2D eigenvalue weighted by molar-refractivity contribution is -0.135. The molecular weight excluding hydrogens is 388 g/mol. The number of anilines is 1. The topological polar surface area (TPSA) is 75.3 Å². The van der Waals surface area contributed by atoms with Crippen molar-refractivity contribution < 1.29 is 14.4 Å². The van der Waals surface area contributed by atoms with E-state index in [9.17, 15) is 14.4 Å². The molecule has 2 amide bonds. The van der Waals surface area contributed by atoms with Crippen LogP contribution in [0.5, 0.6) is 0 Å². The molecule has 1 aliphatic rings. The van der Waals surface area contributed by atoms with E-state index in [0.29, 0.717) is 12.8 Å². The third kappa shape index (κ3) is 4.71. The Bertz CT molecular complexity index is 955. The first-order valence-corrected chi connectivity index (χ1v) is 11.0. The van der Waals surface area contributed by atoms with Gasteiger partial charge in [0.05, 0.1) is 5.54 Å². The first kappa shape index (κ1) is 22.7. The number of nitrogens with one attached hydrogen (secondary N) is 2. The molecule has 0 spiro atoms. The van der Waals surface area contributed by atoms with E-state index < -0.39 is 23.3 Å². The van der Waals surface area contributed by atoms with Gasteiger partial charge in [0.25, 0.3) is 0 Å². The van der Waals surface area contributed by atoms with Gasteiger partial charge in [0.15, 0.2) is 11.7 Å². The van der Waals surface area contributed by atoms with Crippen LogP contribution in [0.15, 0.2) is 48.5 Å². The summed E-state index contributed by atoms with van der Waals surface area (Å²) in [6.07, 6.45) is 1.09. The quantitative estimate of drug-likeness (QED) is 0.644. The van der Waals surface area contributed by atoms with E-state index in [-0.39, 0.29) is 17.6 Å². The number of amides is 2. The molecule has 164 valence electrons. The molecule has 5 heteroatoms. The molecule has 1 fully saturated rings. The molecule has 2 unspecified atom stereocenters. The van der Waals surface area contributed by atoms with Gasteiger partial charge in [-0.1, -0.05) is 76.2 Å². The average molecular weight is 421 g/mol. The molecule has 2 N–H and O–H groups in total. The second-order valence-corrected chi connectivity index (χ2v) is 9.21. The monoisotopic (exact) mass is 420 g/mol. The fraction of sp³-hybridized carbons (Fsp3) is 0.423. The Morgan fingerprint density at radius 1 is 0.968 bits per heavy atom. The molecule has 0 aliphatic carbocycles. The molecule has 1 aliphatic heterocycles. The average Bonchev–Trinajstić information content (AvgIpc) is 2.95. The lowest BCUT2D eigenvalue weighted by Gasteiger charge is -2.23. The number of Topliss-reactive ketones (excluding diaryl/α,β-unsaturated/α-hetero) is 1. The van der Waals surface area contributed by atoms with Gasteiger partial charge in [-0.2, -0.15) is 0 Å². The zero-order chi connectivity index (χ0) is 22.8. The molecule has 3 rings (SSSR count).